The van der Waals surface area contributed by atoms with Crippen molar-refractivity contribution in [2.24, 2.45) is 0 Å². The molecule has 0 aliphatic rings. The van der Waals surface area contributed by atoms with E-state index in [1.54, 1.807) is 0 Å². The zero-order valence-corrected chi connectivity index (χ0v) is 27.8. The fourth-order valence-corrected chi connectivity index (χ4v) is 1.000. The van der Waals surface area contributed by atoms with E-state index in [0.717, 1.165) is 0 Å². The maximum Gasteiger partial charge on any atom is -0.0536 e. The Morgan fingerprint density at radius 2 is 0.290 bits per heavy atom. The van der Waals surface area contributed by atoms with Gasteiger partial charge in [-0.1, -0.05) is 209 Å². The van der Waals surface area contributed by atoms with Gasteiger partial charge in [0.1, 0.15) is 0 Å². The van der Waals surface area contributed by atoms with E-state index in [1.165, 1.54) is 70.6 Å². The minimum atomic E-state index is 1.25. The van der Waals surface area contributed by atoms with Crippen molar-refractivity contribution in [1.29, 1.82) is 0 Å². The van der Waals surface area contributed by atoms with Gasteiger partial charge in [-0.3, -0.25) is 0 Å². The van der Waals surface area contributed by atoms with Crippen molar-refractivity contribution in [1.82, 2.24) is 0 Å². The molecule has 0 atom stereocenters. The second-order valence-electron chi connectivity index (χ2n) is 5.54. The topological polar surface area (TPSA) is 0 Å². The molecule has 0 amide bonds. The molecule has 0 saturated carbocycles. The molecular weight excluding hydrogens is 372 g/mol. The summed E-state index contributed by atoms with van der Waals surface area (Å²) in [6.07, 6.45) is 14.8. The van der Waals surface area contributed by atoms with E-state index in [-0.39, 0.29) is 0 Å². The molecule has 0 unspecified atom stereocenters. The van der Waals surface area contributed by atoms with Gasteiger partial charge in [0.05, 0.1) is 0 Å². The zero-order valence-electron chi connectivity index (χ0n) is 27.8. The molecule has 0 heterocycles. The Balaban J connectivity index is -0.0000000207. The van der Waals surface area contributed by atoms with Crippen molar-refractivity contribution >= 4 is 0 Å². The van der Waals surface area contributed by atoms with E-state index in [1.807, 2.05) is 69.2 Å². The highest BCUT2D eigenvalue weighted by Gasteiger charge is 1.75. The third kappa shape index (κ3) is 653. The zero-order chi connectivity index (χ0) is 27.8. The van der Waals surface area contributed by atoms with Crippen LogP contribution in [0, 0.1) is 0 Å². The minimum Gasteiger partial charge on any atom is -0.0683 e. The lowest BCUT2D eigenvalue weighted by molar-refractivity contribution is 0.702. The van der Waals surface area contributed by atoms with Crippen molar-refractivity contribution in [3.63, 3.8) is 0 Å². The molecule has 0 N–H and O–H groups in total. The number of unbranched alkanes of at least 4 members (excludes halogenated alkanes) is 6. The van der Waals surface area contributed by atoms with Crippen LogP contribution in [0.4, 0.5) is 0 Å². The number of rotatable bonds is 6. The minimum absolute atomic E-state index is 1.25. The largest absolute Gasteiger partial charge is 0.0683 e. The van der Waals surface area contributed by atoms with Gasteiger partial charge in [-0.2, -0.15) is 0 Å². The SMILES string of the molecule is CC.CC.CC.CC.CC.CCC.CCC.CCC.CCCCCC.CCCCCC. The summed E-state index contributed by atoms with van der Waals surface area (Å²) in [5.41, 5.74) is 0. The first-order valence-corrected chi connectivity index (χ1v) is 15.1. The summed E-state index contributed by atoms with van der Waals surface area (Å²) in [4.78, 5) is 0. The van der Waals surface area contributed by atoms with E-state index < -0.39 is 0 Å². The van der Waals surface area contributed by atoms with Gasteiger partial charge in [0.15, 0.2) is 0 Å². The lowest BCUT2D eigenvalue weighted by Gasteiger charge is -1.86. The summed E-state index contributed by atoms with van der Waals surface area (Å²) in [5, 5.41) is 0. The van der Waals surface area contributed by atoms with Crippen LogP contribution in [0.5, 0.6) is 0 Å². The summed E-state index contributed by atoms with van der Waals surface area (Å²) in [7, 11) is 0. The molecule has 0 rings (SSSR count). The molecule has 0 saturated heterocycles. The van der Waals surface area contributed by atoms with Gasteiger partial charge in [-0.15, -0.1) is 0 Å². The predicted octanol–water partition coefficient (Wildman–Crippen LogP) is 14.6. The fraction of sp³-hybridized carbons (Fsp3) is 1.00. The van der Waals surface area contributed by atoms with Gasteiger partial charge in [0.25, 0.3) is 0 Å². The predicted molar refractivity (Wildman–Crippen MR) is 164 cm³/mol. The van der Waals surface area contributed by atoms with Crippen LogP contribution in [-0.2, 0) is 0 Å². The highest BCUT2D eigenvalue weighted by atomic mass is 13.8. The Morgan fingerprint density at radius 3 is 0.323 bits per heavy atom. The van der Waals surface area contributed by atoms with Gasteiger partial charge < -0.3 is 0 Å². The third-order valence-corrected chi connectivity index (χ3v) is 1.91. The van der Waals surface area contributed by atoms with E-state index in [0.29, 0.717) is 0 Å². The molecule has 0 aliphatic carbocycles. The van der Waals surface area contributed by atoms with Gasteiger partial charge in [-0.25, -0.2) is 0 Å². The molecule has 0 fully saturated rings. The first-order chi connectivity index (χ1) is 15.1. The molecule has 0 bridgehead atoms. The van der Waals surface area contributed by atoms with Crippen LogP contribution in [0.2, 0.25) is 0 Å². The van der Waals surface area contributed by atoms with E-state index in [9.17, 15) is 0 Å². The highest BCUT2D eigenvalue weighted by Crippen LogP contribution is 1.95. The van der Waals surface area contributed by atoms with E-state index >= 15 is 0 Å². The first-order valence-electron chi connectivity index (χ1n) is 15.1. The van der Waals surface area contributed by atoms with E-state index in [4.69, 9.17) is 0 Å². The summed E-state index contributed by atoms with van der Waals surface area (Å²) >= 11 is 0. The molecule has 0 nitrogen and oxygen atoms in total. The normalized spacial score (nSPS) is 6.19. The van der Waals surface area contributed by atoms with Crippen LogP contribution in [0.15, 0.2) is 0 Å². The Bertz CT molecular complexity index is 55.4. The quantitative estimate of drug-likeness (QED) is 0.350. The molecule has 0 aromatic rings. The molecule has 0 radical (unpaired) electrons. The first kappa shape index (κ1) is 63.3. The maximum absolute atomic E-state index is 2.23. The molecule has 0 aliphatic heterocycles. The van der Waals surface area contributed by atoms with Crippen molar-refractivity contribution in [2.45, 2.75) is 209 Å². The molecule has 0 heteroatoms. The Hall–Kier alpha value is 0. The third-order valence-electron chi connectivity index (χ3n) is 1.91. The van der Waals surface area contributed by atoms with Crippen molar-refractivity contribution in [3.05, 3.63) is 0 Å². The highest BCUT2D eigenvalue weighted by molar-refractivity contribution is 4.31. The molecule has 31 heavy (non-hydrogen) atoms. The fourth-order valence-electron chi connectivity index (χ4n) is 1.000. The maximum atomic E-state index is 2.23. The standard InChI is InChI=1S/2C6H14.3C3H8.5C2H6/c2*1-3-5-6-4-2;3*1-3-2;5*1-2/h2*3-6H2,1-2H3;3*3H2,1-2H3;5*1-2H3. The average molecular weight is 455 g/mol. The lowest BCUT2D eigenvalue weighted by Crippen LogP contribution is -1.66. The van der Waals surface area contributed by atoms with Crippen LogP contribution in [-0.4, -0.2) is 0 Å². The number of hydrogen-bond acceptors (Lipinski definition) is 0. The smallest absolute Gasteiger partial charge is 0.0536 e. The molecule has 0 aromatic carbocycles. The molecular formula is C31H82. The monoisotopic (exact) mass is 455 g/mol. The van der Waals surface area contributed by atoms with Crippen LogP contribution in [0.1, 0.15) is 209 Å². The van der Waals surface area contributed by atoms with Crippen molar-refractivity contribution in [3.8, 4) is 0 Å². The molecule has 0 spiro atoms. The van der Waals surface area contributed by atoms with Crippen molar-refractivity contribution in [2.75, 3.05) is 0 Å². The Morgan fingerprint density at radius 1 is 0.226 bits per heavy atom. The van der Waals surface area contributed by atoms with Gasteiger partial charge in [0.2, 0.25) is 0 Å². The van der Waals surface area contributed by atoms with Gasteiger partial charge >= 0.3 is 0 Å². The molecule has 206 valence electrons. The second kappa shape index (κ2) is 209. The van der Waals surface area contributed by atoms with Crippen molar-refractivity contribution < 1.29 is 0 Å². The summed E-state index contributed by atoms with van der Waals surface area (Å²) in [6, 6.07) is 0. The Labute approximate surface area is 209 Å². The summed E-state index contributed by atoms with van der Waals surface area (Å²) < 4.78 is 0. The molecule has 0 aromatic heterocycles. The number of hydrogen-bond donors (Lipinski definition) is 0. The van der Waals surface area contributed by atoms with Gasteiger partial charge in [0, 0.05) is 0 Å². The summed E-state index contributed by atoms with van der Waals surface area (Å²) in [5.74, 6) is 0. The Kier molecular flexibility index (Phi) is 426. The van der Waals surface area contributed by atoms with Crippen LogP contribution in [0.25, 0.3) is 0 Å². The van der Waals surface area contributed by atoms with E-state index in [2.05, 4.69) is 69.2 Å². The van der Waals surface area contributed by atoms with Gasteiger partial charge in [-0.05, 0) is 0 Å². The van der Waals surface area contributed by atoms with Crippen LogP contribution >= 0.6 is 0 Å². The lowest BCUT2D eigenvalue weighted by atomic mass is 10.2. The average Bonchev–Trinajstić information content (AvgIpc) is 2.85. The summed E-state index contributed by atoms with van der Waals surface area (Å²) in [6.45, 7) is 41.7. The van der Waals surface area contributed by atoms with Crippen LogP contribution in [0.3, 0.4) is 0 Å². The van der Waals surface area contributed by atoms with Crippen LogP contribution < -0.4 is 0 Å². The second-order valence-corrected chi connectivity index (χ2v) is 5.54.